The summed E-state index contributed by atoms with van der Waals surface area (Å²) in [6.45, 7) is 2.61. The van der Waals surface area contributed by atoms with Crippen LogP contribution in [0.4, 0.5) is 11.4 Å². The largest absolute Gasteiger partial charge is 0.379 e. The van der Waals surface area contributed by atoms with Gasteiger partial charge in [-0.15, -0.1) is 0 Å². The third-order valence-corrected chi connectivity index (χ3v) is 1.98. The molecule has 1 aliphatic rings. The maximum atomic E-state index is 9.25. The zero-order valence-corrected chi connectivity index (χ0v) is 6.96. The molecule has 0 fully saturated rings. The average Bonchev–Trinajstić information content (AvgIpc) is 2.05. The zero-order chi connectivity index (χ0) is 8.55. The Morgan fingerprint density at radius 1 is 1.42 bits per heavy atom. The van der Waals surface area contributed by atoms with Gasteiger partial charge in [0.2, 0.25) is 0 Å². The summed E-state index contributed by atoms with van der Waals surface area (Å²) in [5.41, 5.74) is 3.26. The lowest BCUT2D eigenvalue weighted by Crippen LogP contribution is -2.32. The SMILES string of the molecule is Cc1ccc2c(c1)NCC(O)N2. The second-order valence-corrected chi connectivity index (χ2v) is 3.09. The van der Waals surface area contributed by atoms with Crippen LogP contribution in [0.1, 0.15) is 5.56 Å². The van der Waals surface area contributed by atoms with Crippen LogP contribution in [0.5, 0.6) is 0 Å². The smallest absolute Gasteiger partial charge is 0.141 e. The second-order valence-electron chi connectivity index (χ2n) is 3.09. The summed E-state index contributed by atoms with van der Waals surface area (Å²) in [5, 5.41) is 15.4. The molecule has 1 atom stereocenters. The molecule has 1 aromatic rings. The Kier molecular flexibility index (Phi) is 1.66. The van der Waals surface area contributed by atoms with Crippen LogP contribution in [-0.4, -0.2) is 17.9 Å². The molecule has 64 valence electrons. The van der Waals surface area contributed by atoms with Gasteiger partial charge in [-0.1, -0.05) is 6.07 Å². The Morgan fingerprint density at radius 2 is 2.25 bits per heavy atom. The van der Waals surface area contributed by atoms with Gasteiger partial charge in [0.1, 0.15) is 6.23 Å². The highest BCUT2D eigenvalue weighted by Gasteiger charge is 2.13. The monoisotopic (exact) mass is 164 g/mol. The Morgan fingerprint density at radius 3 is 3.08 bits per heavy atom. The minimum atomic E-state index is -0.472. The van der Waals surface area contributed by atoms with Crippen LogP contribution in [0.15, 0.2) is 18.2 Å². The van der Waals surface area contributed by atoms with Gasteiger partial charge >= 0.3 is 0 Å². The molecule has 3 nitrogen and oxygen atoms in total. The minimum Gasteiger partial charge on any atom is -0.379 e. The lowest BCUT2D eigenvalue weighted by molar-refractivity contribution is 0.214. The predicted molar refractivity (Wildman–Crippen MR) is 49.3 cm³/mol. The highest BCUT2D eigenvalue weighted by Crippen LogP contribution is 2.26. The van der Waals surface area contributed by atoms with Crippen molar-refractivity contribution in [2.24, 2.45) is 0 Å². The molecule has 0 saturated heterocycles. The van der Waals surface area contributed by atoms with E-state index in [2.05, 4.69) is 16.7 Å². The van der Waals surface area contributed by atoms with Crippen molar-refractivity contribution in [2.45, 2.75) is 13.2 Å². The van der Waals surface area contributed by atoms with Crippen molar-refractivity contribution in [3.05, 3.63) is 23.8 Å². The van der Waals surface area contributed by atoms with Crippen molar-refractivity contribution >= 4 is 11.4 Å². The normalized spacial score (nSPS) is 20.7. The average molecular weight is 164 g/mol. The molecular weight excluding hydrogens is 152 g/mol. The quantitative estimate of drug-likeness (QED) is 0.539. The molecule has 0 bridgehead atoms. The van der Waals surface area contributed by atoms with Crippen LogP contribution in [0.3, 0.4) is 0 Å². The summed E-state index contributed by atoms with van der Waals surface area (Å²) < 4.78 is 0. The van der Waals surface area contributed by atoms with Crippen molar-refractivity contribution in [2.75, 3.05) is 17.2 Å². The fourth-order valence-electron chi connectivity index (χ4n) is 1.37. The topological polar surface area (TPSA) is 44.3 Å². The molecule has 3 N–H and O–H groups in total. The number of anilines is 2. The first-order chi connectivity index (χ1) is 5.75. The standard InChI is InChI=1S/C9H12N2O/c1-6-2-3-7-8(4-6)10-5-9(12)11-7/h2-4,9-12H,5H2,1H3. The number of hydrogen-bond acceptors (Lipinski definition) is 3. The van der Waals surface area contributed by atoms with E-state index >= 15 is 0 Å². The van der Waals surface area contributed by atoms with Crippen molar-refractivity contribution in [3.63, 3.8) is 0 Å². The van der Waals surface area contributed by atoms with Crippen LogP contribution >= 0.6 is 0 Å². The third kappa shape index (κ3) is 1.23. The lowest BCUT2D eigenvalue weighted by atomic mass is 10.1. The van der Waals surface area contributed by atoms with Crippen LogP contribution in [0, 0.1) is 6.92 Å². The molecule has 12 heavy (non-hydrogen) atoms. The van der Waals surface area contributed by atoms with E-state index < -0.39 is 6.23 Å². The van der Waals surface area contributed by atoms with Crippen LogP contribution in [-0.2, 0) is 0 Å². The van der Waals surface area contributed by atoms with E-state index in [1.54, 1.807) is 0 Å². The summed E-state index contributed by atoms with van der Waals surface area (Å²) in [5.74, 6) is 0. The number of rotatable bonds is 0. The van der Waals surface area contributed by atoms with Crippen molar-refractivity contribution < 1.29 is 5.11 Å². The molecule has 2 rings (SSSR count). The molecule has 1 aliphatic heterocycles. The molecule has 0 radical (unpaired) electrons. The molecule has 1 aromatic carbocycles. The van der Waals surface area contributed by atoms with Crippen molar-refractivity contribution in [1.29, 1.82) is 0 Å². The summed E-state index contributed by atoms with van der Waals surface area (Å²) in [6, 6.07) is 6.06. The fourth-order valence-corrected chi connectivity index (χ4v) is 1.37. The minimum absolute atomic E-state index is 0.472. The molecule has 0 amide bonds. The predicted octanol–water partition coefficient (Wildman–Crippen LogP) is 1.15. The van der Waals surface area contributed by atoms with Gasteiger partial charge in [-0.05, 0) is 24.6 Å². The van der Waals surface area contributed by atoms with E-state index in [9.17, 15) is 5.11 Å². The third-order valence-electron chi connectivity index (χ3n) is 1.98. The first kappa shape index (κ1) is 7.43. The Hall–Kier alpha value is -1.22. The number of hydrogen-bond donors (Lipinski definition) is 3. The molecule has 0 saturated carbocycles. The number of benzene rings is 1. The first-order valence-corrected chi connectivity index (χ1v) is 4.05. The highest BCUT2D eigenvalue weighted by atomic mass is 16.3. The maximum absolute atomic E-state index is 9.25. The Balaban J connectivity index is 2.37. The van der Waals surface area contributed by atoms with Crippen LogP contribution in [0.2, 0.25) is 0 Å². The summed E-state index contributed by atoms with van der Waals surface area (Å²) in [6.07, 6.45) is -0.472. The second kappa shape index (κ2) is 2.68. The van der Waals surface area contributed by atoms with E-state index in [1.165, 1.54) is 5.56 Å². The number of β-amino-alcohol motifs (C(OH)–C–C–N with tert-alkyl or cyclic N) is 1. The molecule has 3 heteroatoms. The molecule has 1 heterocycles. The van der Waals surface area contributed by atoms with E-state index in [0.717, 1.165) is 11.4 Å². The number of aliphatic hydroxyl groups excluding tert-OH is 1. The van der Waals surface area contributed by atoms with E-state index in [0.29, 0.717) is 6.54 Å². The molecule has 0 aromatic heterocycles. The first-order valence-electron chi connectivity index (χ1n) is 4.05. The van der Waals surface area contributed by atoms with E-state index in [4.69, 9.17) is 0 Å². The summed E-state index contributed by atoms with van der Waals surface area (Å²) >= 11 is 0. The lowest BCUT2D eigenvalue weighted by Gasteiger charge is -2.24. The number of aryl methyl sites for hydroxylation is 1. The molecule has 1 unspecified atom stereocenters. The van der Waals surface area contributed by atoms with Gasteiger partial charge in [0.25, 0.3) is 0 Å². The number of nitrogens with one attached hydrogen (secondary N) is 2. The van der Waals surface area contributed by atoms with E-state index in [-0.39, 0.29) is 0 Å². The van der Waals surface area contributed by atoms with Gasteiger partial charge in [-0.2, -0.15) is 0 Å². The van der Waals surface area contributed by atoms with Gasteiger partial charge in [0.15, 0.2) is 0 Å². The zero-order valence-electron chi connectivity index (χ0n) is 6.96. The molecule has 0 aliphatic carbocycles. The van der Waals surface area contributed by atoms with Gasteiger partial charge in [-0.3, -0.25) is 0 Å². The molecular formula is C9H12N2O. The number of aliphatic hydroxyl groups is 1. The van der Waals surface area contributed by atoms with Gasteiger partial charge < -0.3 is 15.7 Å². The molecule has 0 spiro atoms. The van der Waals surface area contributed by atoms with Gasteiger partial charge in [0.05, 0.1) is 17.9 Å². The fraction of sp³-hybridized carbons (Fsp3) is 0.333. The van der Waals surface area contributed by atoms with Gasteiger partial charge in [0, 0.05) is 0 Å². The van der Waals surface area contributed by atoms with Crippen LogP contribution < -0.4 is 10.6 Å². The van der Waals surface area contributed by atoms with Crippen molar-refractivity contribution in [1.82, 2.24) is 0 Å². The summed E-state index contributed by atoms with van der Waals surface area (Å²) in [4.78, 5) is 0. The Labute approximate surface area is 71.4 Å². The maximum Gasteiger partial charge on any atom is 0.141 e. The van der Waals surface area contributed by atoms with E-state index in [1.807, 2.05) is 19.1 Å². The van der Waals surface area contributed by atoms with Gasteiger partial charge in [-0.25, -0.2) is 0 Å². The van der Waals surface area contributed by atoms with Crippen LogP contribution in [0.25, 0.3) is 0 Å². The Bertz CT molecular complexity index is 299. The summed E-state index contributed by atoms with van der Waals surface area (Å²) in [7, 11) is 0. The van der Waals surface area contributed by atoms with Crippen molar-refractivity contribution in [3.8, 4) is 0 Å². The highest BCUT2D eigenvalue weighted by molar-refractivity contribution is 5.71. The number of fused-ring (bicyclic) bond motifs is 1.